The molecule has 0 saturated carbocycles. The molecule has 0 atom stereocenters. The summed E-state index contributed by atoms with van der Waals surface area (Å²) < 4.78 is 0. The fourth-order valence-electron chi connectivity index (χ4n) is 2.70. The normalized spacial score (nSPS) is 10.9. The van der Waals surface area contributed by atoms with E-state index in [9.17, 15) is 0 Å². The number of hydrogen-bond donors (Lipinski definition) is 2. The van der Waals surface area contributed by atoms with Crippen molar-refractivity contribution in [3.05, 3.63) is 57.9 Å². The van der Waals surface area contributed by atoms with Gasteiger partial charge in [0, 0.05) is 41.4 Å². The molecule has 0 bridgehead atoms. The van der Waals surface area contributed by atoms with Crippen molar-refractivity contribution in [2.75, 3.05) is 30.0 Å². The zero-order chi connectivity index (χ0) is 20.5. The van der Waals surface area contributed by atoms with Crippen LogP contribution in [-0.4, -0.2) is 24.1 Å². The summed E-state index contributed by atoms with van der Waals surface area (Å²) >= 11 is 15.3. The highest BCUT2D eigenvalue weighted by molar-refractivity contribution is 7.23. The third-order valence-corrected chi connectivity index (χ3v) is 6.72. The molecule has 2 heterocycles. The van der Waals surface area contributed by atoms with Crippen LogP contribution in [0.25, 0.3) is 21.1 Å². The number of thiazole rings is 2. The van der Waals surface area contributed by atoms with Crippen LogP contribution >= 0.6 is 45.9 Å². The molecular weight excluding hydrogens is 445 g/mol. The van der Waals surface area contributed by atoms with E-state index in [4.69, 9.17) is 33.9 Å². The fourth-order valence-corrected chi connectivity index (χ4v) is 5.03. The van der Waals surface area contributed by atoms with Crippen LogP contribution in [-0.2, 0) is 0 Å². The Morgan fingerprint density at radius 2 is 1.79 bits per heavy atom. The molecule has 0 saturated heterocycles. The van der Waals surface area contributed by atoms with E-state index in [1.165, 1.54) is 22.7 Å². The highest BCUT2D eigenvalue weighted by Crippen LogP contribution is 2.40. The van der Waals surface area contributed by atoms with Crippen molar-refractivity contribution in [1.82, 2.24) is 9.97 Å². The van der Waals surface area contributed by atoms with Gasteiger partial charge in [-0.25, -0.2) is 9.97 Å². The van der Waals surface area contributed by atoms with E-state index in [0.717, 1.165) is 37.6 Å². The number of rotatable bonds is 5. The summed E-state index contributed by atoms with van der Waals surface area (Å²) in [5, 5.41) is 7.94. The van der Waals surface area contributed by atoms with Gasteiger partial charge in [0.05, 0.1) is 10.7 Å². The lowest BCUT2D eigenvalue weighted by Gasteiger charge is -2.12. The second kappa shape index (κ2) is 8.20. The van der Waals surface area contributed by atoms with E-state index in [1.54, 1.807) is 12.1 Å². The molecule has 2 aromatic carbocycles. The minimum Gasteiger partial charge on any atom is -0.382 e. The largest absolute Gasteiger partial charge is 0.382 e. The number of nitrogens with one attached hydrogen (secondary N) is 1. The number of halogens is 2. The summed E-state index contributed by atoms with van der Waals surface area (Å²) in [4.78, 5) is 12.0. The van der Waals surface area contributed by atoms with Crippen molar-refractivity contribution >= 4 is 68.2 Å². The quantitative estimate of drug-likeness (QED) is 0.348. The predicted octanol–water partition coefficient (Wildman–Crippen LogP) is 6.63. The molecule has 3 N–H and O–H groups in total. The number of hydrogen-bond acceptors (Lipinski definition) is 7. The van der Waals surface area contributed by atoms with Crippen molar-refractivity contribution in [2.24, 2.45) is 0 Å². The second-order valence-corrected chi connectivity index (χ2v) is 9.16. The maximum Gasteiger partial charge on any atom is 0.189 e. The molecule has 0 aliphatic carbocycles. The van der Waals surface area contributed by atoms with Crippen LogP contribution in [0.15, 0.2) is 47.8 Å². The Labute approximate surface area is 186 Å². The summed E-state index contributed by atoms with van der Waals surface area (Å²) in [6, 6.07) is 13.5. The molecular formula is C20H17Cl2N5S2. The van der Waals surface area contributed by atoms with E-state index in [0.29, 0.717) is 15.9 Å². The van der Waals surface area contributed by atoms with E-state index in [2.05, 4.69) is 15.2 Å². The van der Waals surface area contributed by atoms with E-state index >= 15 is 0 Å². The smallest absolute Gasteiger partial charge is 0.189 e. The molecule has 0 aliphatic heterocycles. The molecule has 0 aliphatic rings. The van der Waals surface area contributed by atoms with Crippen molar-refractivity contribution in [2.45, 2.75) is 0 Å². The van der Waals surface area contributed by atoms with E-state index in [-0.39, 0.29) is 0 Å². The Kier molecular flexibility index (Phi) is 5.65. The number of nitrogen functional groups attached to an aromatic ring is 1. The molecule has 4 aromatic rings. The summed E-state index contributed by atoms with van der Waals surface area (Å²) in [7, 11) is 4.02. The molecule has 0 amide bonds. The van der Waals surface area contributed by atoms with Gasteiger partial charge in [0.25, 0.3) is 0 Å². The maximum absolute atomic E-state index is 6.31. The molecule has 5 nitrogen and oxygen atoms in total. The molecule has 0 unspecified atom stereocenters. The molecule has 29 heavy (non-hydrogen) atoms. The van der Waals surface area contributed by atoms with Gasteiger partial charge in [-0.05, 0) is 42.5 Å². The van der Waals surface area contributed by atoms with E-state index < -0.39 is 0 Å². The zero-order valence-corrected chi connectivity index (χ0v) is 18.8. The Morgan fingerprint density at radius 1 is 1.03 bits per heavy atom. The van der Waals surface area contributed by atoms with Gasteiger partial charge in [-0.3, -0.25) is 0 Å². The molecule has 148 valence electrons. The Balaban J connectivity index is 1.57. The van der Waals surface area contributed by atoms with E-state index in [1.807, 2.05) is 49.8 Å². The van der Waals surface area contributed by atoms with Crippen LogP contribution < -0.4 is 16.0 Å². The third kappa shape index (κ3) is 4.33. The molecule has 0 fully saturated rings. The SMILES string of the molecule is CN(C)c1ccc(Nc2nc(N)c(-c3nc(-c4ccc(Cl)cc4Cl)cs3)s2)cc1. The summed E-state index contributed by atoms with van der Waals surface area (Å²) in [6.45, 7) is 0. The lowest BCUT2D eigenvalue weighted by molar-refractivity contribution is 1.13. The average Bonchev–Trinajstić information content (AvgIpc) is 3.29. The lowest BCUT2D eigenvalue weighted by atomic mass is 10.2. The second-order valence-electron chi connectivity index (χ2n) is 6.46. The highest BCUT2D eigenvalue weighted by atomic mass is 35.5. The van der Waals surface area contributed by atoms with Gasteiger partial charge >= 0.3 is 0 Å². The van der Waals surface area contributed by atoms with Gasteiger partial charge in [-0.1, -0.05) is 34.5 Å². The van der Waals surface area contributed by atoms with Crippen molar-refractivity contribution in [1.29, 1.82) is 0 Å². The zero-order valence-electron chi connectivity index (χ0n) is 15.6. The van der Waals surface area contributed by atoms with Crippen LogP contribution in [0.4, 0.5) is 22.3 Å². The Bertz CT molecular complexity index is 1150. The third-order valence-electron chi connectivity index (χ3n) is 4.19. The molecule has 0 radical (unpaired) electrons. The number of nitrogens with two attached hydrogens (primary N) is 1. The monoisotopic (exact) mass is 461 g/mol. The Hall–Kier alpha value is -2.32. The van der Waals surface area contributed by atoms with Gasteiger partial charge in [0.15, 0.2) is 5.13 Å². The molecule has 2 aromatic heterocycles. The number of nitrogens with zero attached hydrogens (tertiary/aromatic N) is 3. The minimum atomic E-state index is 0.450. The first-order valence-corrected chi connectivity index (χ1v) is 11.1. The fraction of sp³-hybridized carbons (Fsp3) is 0.100. The van der Waals surface area contributed by atoms with Crippen molar-refractivity contribution < 1.29 is 0 Å². The van der Waals surface area contributed by atoms with Crippen molar-refractivity contribution in [3.63, 3.8) is 0 Å². The first kappa shape index (κ1) is 20.0. The Morgan fingerprint density at radius 3 is 2.48 bits per heavy atom. The molecule has 9 heteroatoms. The summed E-state index contributed by atoms with van der Waals surface area (Å²) in [6.07, 6.45) is 0. The topological polar surface area (TPSA) is 67.1 Å². The average molecular weight is 462 g/mol. The molecule has 0 spiro atoms. The number of aromatic nitrogens is 2. The predicted molar refractivity (Wildman–Crippen MR) is 127 cm³/mol. The van der Waals surface area contributed by atoms with Gasteiger partial charge in [0.2, 0.25) is 0 Å². The first-order valence-electron chi connectivity index (χ1n) is 8.63. The minimum absolute atomic E-state index is 0.450. The summed E-state index contributed by atoms with van der Waals surface area (Å²) in [5.74, 6) is 0.450. The lowest BCUT2D eigenvalue weighted by Crippen LogP contribution is -2.08. The van der Waals surface area contributed by atoms with Crippen LogP contribution in [0.5, 0.6) is 0 Å². The molecule has 4 rings (SSSR count). The van der Waals surface area contributed by atoms with Crippen LogP contribution in [0.3, 0.4) is 0 Å². The van der Waals surface area contributed by atoms with Crippen LogP contribution in [0.2, 0.25) is 10.0 Å². The van der Waals surface area contributed by atoms with Crippen LogP contribution in [0, 0.1) is 0 Å². The number of benzene rings is 2. The van der Waals surface area contributed by atoms with Gasteiger partial charge in [-0.2, -0.15) is 0 Å². The standard InChI is InChI=1S/C20H17Cl2N5S2/c1-27(2)13-6-4-12(5-7-13)24-20-26-18(23)17(29-20)19-25-16(10-28-19)14-8-3-11(21)9-15(14)22/h3-10H,23H2,1-2H3,(H,24,26). The van der Waals surface area contributed by atoms with Gasteiger partial charge < -0.3 is 16.0 Å². The van der Waals surface area contributed by atoms with Gasteiger partial charge in [0.1, 0.15) is 15.7 Å². The maximum atomic E-state index is 6.31. The number of anilines is 4. The van der Waals surface area contributed by atoms with Gasteiger partial charge in [-0.15, -0.1) is 11.3 Å². The highest BCUT2D eigenvalue weighted by Gasteiger charge is 2.16. The first-order chi connectivity index (χ1) is 13.9. The van der Waals surface area contributed by atoms with Crippen molar-refractivity contribution in [3.8, 4) is 21.1 Å². The summed E-state index contributed by atoms with van der Waals surface area (Å²) in [5.41, 5.74) is 9.86. The van der Waals surface area contributed by atoms with Crippen LogP contribution in [0.1, 0.15) is 0 Å².